The highest BCUT2D eigenvalue weighted by molar-refractivity contribution is 6.07. The van der Waals surface area contributed by atoms with Crippen molar-refractivity contribution < 1.29 is 28.6 Å². The van der Waals surface area contributed by atoms with Crippen LogP contribution in [0.25, 0.3) is 0 Å². The summed E-state index contributed by atoms with van der Waals surface area (Å²) in [4.78, 5) is 36.6. The predicted molar refractivity (Wildman–Crippen MR) is 92.8 cm³/mol. The Bertz CT molecular complexity index is 667. The lowest BCUT2D eigenvalue weighted by Gasteiger charge is -2.23. The number of anilines is 1. The van der Waals surface area contributed by atoms with Crippen molar-refractivity contribution in [3.8, 4) is 0 Å². The third-order valence-electron chi connectivity index (χ3n) is 2.71. The molecule has 0 bridgehead atoms. The van der Waals surface area contributed by atoms with Gasteiger partial charge in [-0.25, -0.2) is 14.4 Å². The fraction of sp³-hybridized carbons (Fsp3) is 0.500. The summed E-state index contributed by atoms with van der Waals surface area (Å²) in [5, 5.41) is 2.45. The molecule has 0 saturated carbocycles. The molecule has 25 heavy (non-hydrogen) atoms. The molecule has 0 aromatic heterocycles. The van der Waals surface area contributed by atoms with Crippen molar-refractivity contribution in [3.05, 3.63) is 29.3 Å². The van der Waals surface area contributed by atoms with Crippen molar-refractivity contribution in [3.63, 3.8) is 0 Å². The monoisotopic (exact) mass is 351 g/mol. The topological polar surface area (TPSA) is 90.9 Å². The van der Waals surface area contributed by atoms with Crippen molar-refractivity contribution in [2.24, 2.45) is 0 Å². The SMILES string of the molecule is COC(=O)c1cccc(C(=O)OC(C)(C)C)c1NC(=O)OC(C)(C)C. The summed E-state index contributed by atoms with van der Waals surface area (Å²) >= 11 is 0. The van der Waals surface area contributed by atoms with Gasteiger partial charge in [0.05, 0.1) is 23.9 Å². The molecule has 1 aromatic rings. The van der Waals surface area contributed by atoms with Gasteiger partial charge in [-0.2, -0.15) is 0 Å². The van der Waals surface area contributed by atoms with E-state index in [1.165, 1.54) is 25.3 Å². The lowest BCUT2D eigenvalue weighted by molar-refractivity contribution is 0.00707. The summed E-state index contributed by atoms with van der Waals surface area (Å²) in [5.74, 6) is -1.37. The van der Waals surface area contributed by atoms with Gasteiger partial charge in [-0.3, -0.25) is 5.32 Å². The zero-order valence-electron chi connectivity index (χ0n) is 15.7. The average molecular weight is 351 g/mol. The second-order valence-electron chi connectivity index (χ2n) is 7.35. The molecular weight excluding hydrogens is 326 g/mol. The van der Waals surface area contributed by atoms with Gasteiger partial charge in [0, 0.05) is 0 Å². The molecule has 7 heteroatoms. The molecule has 0 spiro atoms. The molecule has 0 radical (unpaired) electrons. The predicted octanol–water partition coefficient (Wildman–Crippen LogP) is 3.78. The standard InChI is InChI=1S/C18H25NO6/c1-17(2,3)24-15(21)12-10-8-9-11(14(20)23-7)13(12)19-16(22)25-18(4,5)6/h8-10H,1-7H3,(H,19,22). The number of benzene rings is 1. The van der Waals surface area contributed by atoms with Crippen LogP contribution >= 0.6 is 0 Å². The van der Waals surface area contributed by atoms with E-state index in [4.69, 9.17) is 14.2 Å². The molecule has 1 amide bonds. The number of rotatable bonds is 3. The summed E-state index contributed by atoms with van der Waals surface area (Å²) in [6.07, 6.45) is -0.798. The van der Waals surface area contributed by atoms with Crippen molar-refractivity contribution >= 4 is 23.7 Å². The molecule has 1 aromatic carbocycles. The second-order valence-corrected chi connectivity index (χ2v) is 7.35. The van der Waals surface area contributed by atoms with Crippen LogP contribution in [0.2, 0.25) is 0 Å². The highest BCUT2D eigenvalue weighted by Gasteiger charge is 2.26. The number of methoxy groups -OCH3 is 1. The Hall–Kier alpha value is -2.57. The van der Waals surface area contributed by atoms with Gasteiger partial charge in [-0.05, 0) is 53.7 Å². The van der Waals surface area contributed by atoms with E-state index in [-0.39, 0.29) is 16.8 Å². The maximum absolute atomic E-state index is 12.4. The summed E-state index contributed by atoms with van der Waals surface area (Å²) in [6, 6.07) is 4.39. The minimum atomic E-state index is -0.798. The van der Waals surface area contributed by atoms with Gasteiger partial charge in [0.15, 0.2) is 0 Å². The Balaban J connectivity index is 3.31. The highest BCUT2D eigenvalue weighted by Crippen LogP contribution is 2.25. The number of hydrogen-bond donors (Lipinski definition) is 1. The Morgan fingerprint density at radius 1 is 0.840 bits per heavy atom. The lowest BCUT2D eigenvalue weighted by atomic mass is 10.1. The van der Waals surface area contributed by atoms with Gasteiger partial charge < -0.3 is 14.2 Å². The number of carbonyl (C=O) groups is 3. The van der Waals surface area contributed by atoms with Crippen LogP contribution < -0.4 is 5.32 Å². The quantitative estimate of drug-likeness (QED) is 0.658. The number of nitrogens with one attached hydrogen (secondary N) is 1. The molecule has 0 aliphatic carbocycles. The van der Waals surface area contributed by atoms with E-state index in [0.717, 1.165) is 0 Å². The van der Waals surface area contributed by atoms with Crippen LogP contribution in [0.4, 0.5) is 10.5 Å². The van der Waals surface area contributed by atoms with Crippen molar-refractivity contribution in [2.45, 2.75) is 52.7 Å². The number of para-hydroxylation sites is 1. The fourth-order valence-corrected chi connectivity index (χ4v) is 1.88. The van der Waals surface area contributed by atoms with Crippen LogP contribution in [-0.2, 0) is 14.2 Å². The average Bonchev–Trinajstić information content (AvgIpc) is 2.42. The van der Waals surface area contributed by atoms with Crippen LogP contribution in [0.1, 0.15) is 62.3 Å². The number of carbonyl (C=O) groups excluding carboxylic acids is 3. The molecule has 0 aliphatic rings. The maximum atomic E-state index is 12.4. The number of hydrogen-bond acceptors (Lipinski definition) is 6. The van der Waals surface area contributed by atoms with E-state index in [9.17, 15) is 14.4 Å². The van der Waals surface area contributed by atoms with E-state index >= 15 is 0 Å². The first-order chi connectivity index (χ1) is 11.3. The maximum Gasteiger partial charge on any atom is 0.412 e. The molecular formula is C18H25NO6. The molecule has 0 atom stereocenters. The minimum Gasteiger partial charge on any atom is -0.465 e. The number of ether oxygens (including phenoxy) is 3. The first-order valence-corrected chi connectivity index (χ1v) is 7.79. The van der Waals surface area contributed by atoms with Crippen molar-refractivity contribution in [2.75, 3.05) is 12.4 Å². The van der Waals surface area contributed by atoms with E-state index in [1.54, 1.807) is 41.5 Å². The van der Waals surface area contributed by atoms with Gasteiger partial charge in [0.2, 0.25) is 0 Å². The van der Waals surface area contributed by atoms with Crippen molar-refractivity contribution in [1.82, 2.24) is 0 Å². The fourth-order valence-electron chi connectivity index (χ4n) is 1.88. The Kier molecular flexibility index (Phi) is 6.18. The smallest absolute Gasteiger partial charge is 0.412 e. The molecule has 1 N–H and O–H groups in total. The third-order valence-corrected chi connectivity index (χ3v) is 2.71. The normalized spacial score (nSPS) is 11.5. The Morgan fingerprint density at radius 2 is 1.32 bits per heavy atom. The zero-order chi connectivity index (χ0) is 19.4. The first kappa shape index (κ1) is 20.5. The summed E-state index contributed by atoms with van der Waals surface area (Å²) in [7, 11) is 1.21. The highest BCUT2D eigenvalue weighted by atomic mass is 16.6. The largest absolute Gasteiger partial charge is 0.465 e. The van der Waals surface area contributed by atoms with E-state index in [2.05, 4.69) is 5.32 Å². The van der Waals surface area contributed by atoms with Gasteiger partial charge >= 0.3 is 18.0 Å². The zero-order valence-corrected chi connectivity index (χ0v) is 15.7. The van der Waals surface area contributed by atoms with Gasteiger partial charge in [-0.1, -0.05) is 6.07 Å². The van der Waals surface area contributed by atoms with Gasteiger partial charge in [0.1, 0.15) is 11.2 Å². The number of esters is 2. The van der Waals surface area contributed by atoms with E-state index < -0.39 is 29.2 Å². The summed E-state index contributed by atoms with van der Waals surface area (Å²) in [6.45, 7) is 10.3. The molecule has 138 valence electrons. The van der Waals surface area contributed by atoms with Crippen LogP contribution in [0.15, 0.2) is 18.2 Å². The third kappa shape index (κ3) is 6.45. The summed E-state index contributed by atoms with van der Waals surface area (Å²) in [5.41, 5.74) is -1.43. The molecule has 7 nitrogen and oxygen atoms in total. The molecule has 0 aliphatic heterocycles. The van der Waals surface area contributed by atoms with Gasteiger partial charge in [0.25, 0.3) is 0 Å². The molecule has 1 rings (SSSR count). The molecule has 0 heterocycles. The molecule has 0 saturated heterocycles. The molecule has 0 unspecified atom stereocenters. The lowest BCUT2D eigenvalue weighted by Crippen LogP contribution is -2.29. The van der Waals surface area contributed by atoms with Crippen molar-refractivity contribution in [1.29, 1.82) is 0 Å². The minimum absolute atomic E-state index is 0.0159. The van der Waals surface area contributed by atoms with Crippen LogP contribution in [-0.4, -0.2) is 36.3 Å². The second kappa shape index (κ2) is 7.55. The van der Waals surface area contributed by atoms with E-state index in [1.807, 2.05) is 0 Å². The number of amides is 1. The Morgan fingerprint density at radius 3 is 1.76 bits per heavy atom. The van der Waals surface area contributed by atoms with Crippen LogP contribution in [0.3, 0.4) is 0 Å². The van der Waals surface area contributed by atoms with Crippen LogP contribution in [0.5, 0.6) is 0 Å². The Labute approximate surface area is 147 Å². The first-order valence-electron chi connectivity index (χ1n) is 7.79. The summed E-state index contributed by atoms with van der Waals surface area (Å²) < 4.78 is 15.2. The van der Waals surface area contributed by atoms with Gasteiger partial charge in [-0.15, -0.1) is 0 Å². The van der Waals surface area contributed by atoms with Crippen LogP contribution in [0, 0.1) is 0 Å². The molecule has 0 fully saturated rings. The van der Waals surface area contributed by atoms with E-state index in [0.29, 0.717) is 0 Å².